The lowest BCUT2D eigenvalue weighted by atomic mass is 10.2. The monoisotopic (exact) mass is 207 g/mol. The summed E-state index contributed by atoms with van der Waals surface area (Å²) in [4.78, 5) is 15.4. The maximum Gasteiger partial charge on any atom is 0.220 e. The first-order valence-corrected chi connectivity index (χ1v) is 5.09. The molecule has 82 valence electrons. The molecule has 0 saturated heterocycles. The molecule has 0 unspecified atom stereocenters. The zero-order chi connectivity index (χ0) is 11.3. The van der Waals surface area contributed by atoms with Crippen molar-refractivity contribution >= 4 is 5.91 Å². The number of nitrogens with two attached hydrogens (primary N) is 1. The number of pyridine rings is 1. The predicted octanol–water partition coefficient (Wildman–Crippen LogP) is 0.875. The van der Waals surface area contributed by atoms with E-state index in [9.17, 15) is 4.79 Å². The van der Waals surface area contributed by atoms with Crippen LogP contribution >= 0.6 is 0 Å². The third kappa shape index (κ3) is 3.32. The molecule has 0 atom stereocenters. The van der Waals surface area contributed by atoms with Crippen LogP contribution in [0.25, 0.3) is 0 Å². The minimum atomic E-state index is 0.0340. The number of carbonyl (C=O) groups is 1. The van der Waals surface area contributed by atoms with E-state index in [0.717, 1.165) is 17.0 Å². The molecule has 15 heavy (non-hydrogen) atoms. The highest BCUT2D eigenvalue weighted by Gasteiger charge is 2.02. The van der Waals surface area contributed by atoms with Crippen LogP contribution in [-0.4, -0.2) is 10.9 Å². The van der Waals surface area contributed by atoms with Crippen LogP contribution in [0.5, 0.6) is 0 Å². The second-order valence-electron chi connectivity index (χ2n) is 3.40. The van der Waals surface area contributed by atoms with Crippen molar-refractivity contribution in [2.24, 2.45) is 5.73 Å². The van der Waals surface area contributed by atoms with Crippen molar-refractivity contribution in [3.05, 3.63) is 29.1 Å². The summed E-state index contributed by atoms with van der Waals surface area (Å²) >= 11 is 0. The summed E-state index contributed by atoms with van der Waals surface area (Å²) in [5, 5.41) is 2.78. The van der Waals surface area contributed by atoms with Crippen LogP contribution in [0.3, 0.4) is 0 Å². The van der Waals surface area contributed by atoms with Gasteiger partial charge in [0, 0.05) is 13.0 Å². The molecule has 4 nitrogen and oxygen atoms in total. The molecule has 0 radical (unpaired) electrons. The average molecular weight is 207 g/mol. The summed E-state index contributed by atoms with van der Waals surface area (Å²) in [6, 6.07) is 3.88. The van der Waals surface area contributed by atoms with E-state index in [-0.39, 0.29) is 5.91 Å². The second kappa shape index (κ2) is 5.46. The van der Waals surface area contributed by atoms with E-state index >= 15 is 0 Å². The van der Waals surface area contributed by atoms with Crippen molar-refractivity contribution in [2.45, 2.75) is 33.4 Å². The summed E-state index contributed by atoms with van der Waals surface area (Å²) in [6.07, 6.45) is 0.496. The van der Waals surface area contributed by atoms with E-state index in [2.05, 4.69) is 10.3 Å². The van der Waals surface area contributed by atoms with Gasteiger partial charge in [0.05, 0.1) is 17.9 Å². The lowest BCUT2D eigenvalue weighted by Gasteiger charge is -2.06. The van der Waals surface area contributed by atoms with Gasteiger partial charge in [-0.25, -0.2) is 0 Å². The number of hydrogen-bond acceptors (Lipinski definition) is 3. The molecule has 1 heterocycles. The Labute approximate surface area is 89.9 Å². The molecule has 0 bridgehead atoms. The third-order valence-corrected chi connectivity index (χ3v) is 2.24. The minimum Gasteiger partial charge on any atom is -0.350 e. The number of amides is 1. The van der Waals surface area contributed by atoms with Gasteiger partial charge in [-0.15, -0.1) is 0 Å². The Morgan fingerprint density at radius 3 is 2.87 bits per heavy atom. The zero-order valence-electron chi connectivity index (χ0n) is 9.21. The first-order chi connectivity index (χ1) is 7.17. The van der Waals surface area contributed by atoms with Gasteiger partial charge in [-0.3, -0.25) is 9.78 Å². The number of aryl methyl sites for hydroxylation is 1. The van der Waals surface area contributed by atoms with Gasteiger partial charge in [0.2, 0.25) is 5.91 Å². The summed E-state index contributed by atoms with van der Waals surface area (Å²) in [6.45, 7) is 4.70. The lowest BCUT2D eigenvalue weighted by molar-refractivity contribution is -0.120. The van der Waals surface area contributed by atoms with Crippen molar-refractivity contribution in [3.8, 4) is 0 Å². The van der Waals surface area contributed by atoms with Gasteiger partial charge in [0.15, 0.2) is 0 Å². The molecule has 3 N–H and O–H groups in total. The number of rotatable bonds is 4. The van der Waals surface area contributed by atoms with Crippen molar-refractivity contribution in [1.82, 2.24) is 10.3 Å². The molecule has 0 aliphatic rings. The maximum absolute atomic E-state index is 11.0. The highest BCUT2D eigenvalue weighted by molar-refractivity contribution is 5.75. The molecule has 1 aromatic heterocycles. The molecular formula is C11H17N3O. The standard InChI is InChI=1S/C11H17N3O/c1-3-11(15)13-7-9-5-4-8(2)10(6-12)14-9/h4-5H,3,6-7,12H2,1-2H3,(H,13,15). The summed E-state index contributed by atoms with van der Waals surface area (Å²) < 4.78 is 0. The van der Waals surface area contributed by atoms with Crippen LogP contribution in [0.4, 0.5) is 0 Å². The highest BCUT2D eigenvalue weighted by atomic mass is 16.1. The average Bonchev–Trinajstić information content (AvgIpc) is 2.27. The summed E-state index contributed by atoms with van der Waals surface area (Å²) in [7, 11) is 0. The van der Waals surface area contributed by atoms with Gasteiger partial charge in [-0.1, -0.05) is 13.0 Å². The van der Waals surface area contributed by atoms with Crippen LogP contribution in [0.15, 0.2) is 12.1 Å². The molecule has 1 amide bonds. The van der Waals surface area contributed by atoms with Gasteiger partial charge in [-0.2, -0.15) is 0 Å². The van der Waals surface area contributed by atoms with Crippen LogP contribution in [0.2, 0.25) is 0 Å². The number of aromatic nitrogens is 1. The Balaban J connectivity index is 2.66. The van der Waals surface area contributed by atoms with Crippen LogP contribution in [0, 0.1) is 6.92 Å². The van der Waals surface area contributed by atoms with E-state index in [1.807, 2.05) is 26.0 Å². The largest absolute Gasteiger partial charge is 0.350 e. The SMILES string of the molecule is CCC(=O)NCc1ccc(C)c(CN)n1. The zero-order valence-corrected chi connectivity index (χ0v) is 9.21. The predicted molar refractivity (Wildman–Crippen MR) is 59.0 cm³/mol. The van der Waals surface area contributed by atoms with Crippen molar-refractivity contribution < 1.29 is 4.79 Å². The molecule has 0 saturated carbocycles. The molecule has 0 fully saturated rings. The Hall–Kier alpha value is -1.42. The Morgan fingerprint density at radius 1 is 1.53 bits per heavy atom. The molecule has 1 aromatic rings. The smallest absolute Gasteiger partial charge is 0.220 e. The van der Waals surface area contributed by atoms with E-state index < -0.39 is 0 Å². The summed E-state index contributed by atoms with van der Waals surface area (Å²) in [5.74, 6) is 0.0340. The van der Waals surface area contributed by atoms with Crippen LogP contribution in [-0.2, 0) is 17.9 Å². The quantitative estimate of drug-likeness (QED) is 0.770. The van der Waals surface area contributed by atoms with Gasteiger partial charge in [0.1, 0.15) is 0 Å². The fourth-order valence-corrected chi connectivity index (χ4v) is 1.24. The number of nitrogens with one attached hydrogen (secondary N) is 1. The van der Waals surface area contributed by atoms with Gasteiger partial charge in [0.25, 0.3) is 0 Å². The fraction of sp³-hybridized carbons (Fsp3) is 0.455. The first kappa shape index (κ1) is 11.7. The Kier molecular flexibility index (Phi) is 4.24. The van der Waals surface area contributed by atoms with Gasteiger partial charge in [-0.05, 0) is 18.6 Å². The van der Waals surface area contributed by atoms with Crippen molar-refractivity contribution in [2.75, 3.05) is 0 Å². The molecule has 4 heteroatoms. The van der Waals surface area contributed by atoms with Crippen molar-refractivity contribution in [3.63, 3.8) is 0 Å². The van der Waals surface area contributed by atoms with Crippen molar-refractivity contribution in [1.29, 1.82) is 0 Å². The second-order valence-corrected chi connectivity index (χ2v) is 3.40. The molecule has 0 aromatic carbocycles. The maximum atomic E-state index is 11.0. The highest BCUT2D eigenvalue weighted by Crippen LogP contribution is 2.05. The number of nitrogens with zero attached hydrogens (tertiary/aromatic N) is 1. The fourth-order valence-electron chi connectivity index (χ4n) is 1.24. The molecule has 0 aliphatic carbocycles. The van der Waals surface area contributed by atoms with E-state index in [1.54, 1.807) is 0 Å². The van der Waals surface area contributed by atoms with E-state index in [4.69, 9.17) is 5.73 Å². The molecular weight excluding hydrogens is 190 g/mol. The molecule has 0 spiro atoms. The normalized spacial score (nSPS) is 10.1. The third-order valence-electron chi connectivity index (χ3n) is 2.24. The number of hydrogen-bond donors (Lipinski definition) is 2. The molecule has 0 aliphatic heterocycles. The number of carbonyl (C=O) groups excluding carboxylic acids is 1. The minimum absolute atomic E-state index is 0.0340. The first-order valence-electron chi connectivity index (χ1n) is 5.09. The lowest BCUT2D eigenvalue weighted by Crippen LogP contribution is -2.22. The Morgan fingerprint density at radius 2 is 2.27 bits per heavy atom. The van der Waals surface area contributed by atoms with Crippen LogP contribution < -0.4 is 11.1 Å². The Bertz CT molecular complexity index is 350. The summed E-state index contributed by atoms with van der Waals surface area (Å²) in [5.41, 5.74) is 8.38. The van der Waals surface area contributed by atoms with Gasteiger partial charge >= 0.3 is 0 Å². The molecule has 1 rings (SSSR count). The van der Waals surface area contributed by atoms with E-state index in [1.165, 1.54) is 0 Å². The van der Waals surface area contributed by atoms with E-state index in [0.29, 0.717) is 19.5 Å². The van der Waals surface area contributed by atoms with Gasteiger partial charge < -0.3 is 11.1 Å². The van der Waals surface area contributed by atoms with Crippen LogP contribution in [0.1, 0.15) is 30.3 Å². The topological polar surface area (TPSA) is 68.0 Å².